The Bertz CT molecular complexity index is 846. The van der Waals surface area contributed by atoms with Crippen molar-refractivity contribution >= 4 is 23.0 Å². The molecular weight excluding hydrogens is 334 g/mol. The lowest BCUT2D eigenvalue weighted by molar-refractivity contribution is -0.124. The molecule has 5 rings (SSSR count). The average molecular weight is 353 g/mol. The van der Waals surface area contributed by atoms with Crippen molar-refractivity contribution in [1.29, 1.82) is 0 Å². The third kappa shape index (κ3) is 2.33. The third-order valence-corrected chi connectivity index (χ3v) is 6.83. The molecule has 3 aliphatic rings. The van der Waals surface area contributed by atoms with Crippen LogP contribution in [0.3, 0.4) is 0 Å². The Kier molecular flexibility index (Phi) is 3.29. The molecule has 2 heterocycles. The Labute approximate surface area is 150 Å². The van der Waals surface area contributed by atoms with Gasteiger partial charge in [0.05, 0.1) is 18.5 Å². The standard InChI is InChI=1S/C20H19NO3S/c22-15-10-20(24-16-6-2-1-5-13(15)16)8-7-14-17(18(14)20)19(23)21-11-12-4-3-9-25-12/h1-6,9,14,17-18H,7-8,10-11H2,(H,21,23). The molecule has 4 nitrogen and oxygen atoms in total. The molecule has 0 bridgehead atoms. The Morgan fingerprint density at radius 1 is 1.28 bits per heavy atom. The van der Waals surface area contributed by atoms with E-state index >= 15 is 0 Å². The molecule has 1 N–H and O–H groups in total. The molecular formula is C20H19NO3S. The first-order valence-electron chi connectivity index (χ1n) is 8.79. The summed E-state index contributed by atoms with van der Waals surface area (Å²) >= 11 is 1.65. The minimum absolute atomic E-state index is 0.00762. The van der Waals surface area contributed by atoms with Crippen LogP contribution in [0.25, 0.3) is 0 Å². The lowest BCUT2D eigenvalue weighted by Gasteiger charge is -2.37. The summed E-state index contributed by atoms with van der Waals surface area (Å²) in [6.07, 6.45) is 2.24. The van der Waals surface area contributed by atoms with Gasteiger partial charge in [-0.25, -0.2) is 0 Å². The molecule has 1 amide bonds. The van der Waals surface area contributed by atoms with Gasteiger partial charge in [-0.2, -0.15) is 0 Å². The van der Waals surface area contributed by atoms with Gasteiger partial charge in [0.25, 0.3) is 0 Å². The number of hydrogen-bond donors (Lipinski definition) is 1. The van der Waals surface area contributed by atoms with E-state index in [9.17, 15) is 9.59 Å². The third-order valence-electron chi connectivity index (χ3n) is 5.96. The molecule has 5 heteroatoms. The van der Waals surface area contributed by atoms with Gasteiger partial charge < -0.3 is 10.1 Å². The van der Waals surface area contributed by atoms with E-state index in [1.54, 1.807) is 11.3 Å². The summed E-state index contributed by atoms with van der Waals surface area (Å²) in [5, 5.41) is 5.07. The van der Waals surface area contributed by atoms with Crippen LogP contribution in [0.15, 0.2) is 41.8 Å². The number of nitrogens with one attached hydrogen (secondary N) is 1. The highest BCUT2D eigenvalue weighted by molar-refractivity contribution is 7.09. The van der Waals surface area contributed by atoms with Crippen LogP contribution in [0.2, 0.25) is 0 Å². The maximum absolute atomic E-state index is 12.6. The number of benzene rings is 1. The van der Waals surface area contributed by atoms with Crippen molar-refractivity contribution in [1.82, 2.24) is 5.32 Å². The van der Waals surface area contributed by atoms with E-state index in [0.717, 1.165) is 17.7 Å². The number of carbonyl (C=O) groups is 2. The number of ketones is 1. The van der Waals surface area contributed by atoms with Crippen LogP contribution >= 0.6 is 11.3 Å². The number of fused-ring (bicyclic) bond motifs is 3. The molecule has 25 heavy (non-hydrogen) atoms. The number of rotatable bonds is 3. The molecule has 1 aromatic heterocycles. The summed E-state index contributed by atoms with van der Waals surface area (Å²) in [4.78, 5) is 26.4. The Hall–Kier alpha value is -2.14. The topological polar surface area (TPSA) is 55.4 Å². The van der Waals surface area contributed by atoms with E-state index in [0.29, 0.717) is 30.2 Å². The largest absolute Gasteiger partial charge is 0.486 e. The van der Waals surface area contributed by atoms with Crippen LogP contribution in [0.4, 0.5) is 0 Å². The summed E-state index contributed by atoms with van der Waals surface area (Å²) in [5.74, 6) is 1.47. The monoisotopic (exact) mass is 353 g/mol. The Morgan fingerprint density at radius 2 is 2.16 bits per heavy atom. The fourth-order valence-corrected chi connectivity index (χ4v) is 5.47. The van der Waals surface area contributed by atoms with E-state index in [-0.39, 0.29) is 23.5 Å². The van der Waals surface area contributed by atoms with Gasteiger partial charge in [-0.1, -0.05) is 18.2 Å². The number of Topliss-reactive ketones (excluding diaryl/α,β-unsaturated/α-hetero) is 1. The number of amides is 1. The van der Waals surface area contributed by atoms with Crippen LogP contribution in [0.1, 0.15) is 34.5 Å². The van der Waals surface area contributed by atoms with Crippen LogP contribution in [-0.2, 0) is 11.3 Å². The SMILES string of the molecule is O=C1CC2(CCC3C(C(=O)NCc4cccs4)C32)Oc2ccccc21. The molecule has 1 aliphatic heterocycles. The summed E-state index contributed by atoms with van der Waals surface area (Å²) in [5.41, 5.74) is 0.206. The molecule has 2 saturated carbocycles. The maximum Gasteiger partial charge on any atom is 0.224 e. The van der Waals surface area contributed by atoms with Crippen LogP contribution in [-0.4, -0.2) is 17.3 Å². The Morgan fingerprint density at radius 3 is 3.00 bits per heavy atom. The molecule has 2 fully saturated rings. The van der Waals surface area contributed by atoms with E-state index < -0.39 is 5.60 Å². The molecule has 1 spiro atoms. The van der Waals surface area contributed by atoms with E-state index in [4.69, 9.17) is 4.74 Å². The smallest absolute Gasteiger partial charge is 0.224 e. The second-order valence-electron chi connectivity index (χ2n) is 7.31. The summed E-state index contributed by atoms with van der Waals surface area (Å²) in [6.45, 7) is 0.585. The summed E-state index contributed by atoms with van der Waals surface area (Å²) in [7, 11) is 0. The van der Waals surface area contributed by atoms with E-state index in [1.807, 2.05) is 41.8 Å². The second-order valence-corrected chi connectivity index (χ2v) is 8.35. The fourth-order valence-electron chi connectivity index (χ4n) is 4.82. The molecule has 0 saturated heterocycles. The zero-order chi connectivity index (χ0) is 17.0. The highest BCUT2D eigenvalue weighted by Crippen LogP contribution is 2.65. The summed E-state index contributed by atoms with van der Waals surface area (Å²) < 4.78 is 6.34. The minimum Gasteiger partial charge on any atom is -0.486 e. The van der Waals surface area contributed by atoms with Gasteiger partial charge in [0.1, 0.15) is 11.4 Å². The minimum atomic E-state index is -0.471. The van der Waals surface area contributed by atoms with Gasteiger partial charge in [-0.15, -0.1) is 11.3 Å². The first-order valence-corrected chi connectivity index (χ1v) is 9.67. The molecule has 0 radical (unpaired) electrons. The van der Waals surface area contributed by atoms with Crippen LogP contribution < -0.4 is 10.1 Å². The zero-order valence-electron chi connectivity index (χ0n) is 13.7. The molecule has 4 atom stereocenters. The van der Waals surface area contributed by atoms with Gasteiger partial charge in [0.15, 0.2) is 5.78 Å². The number of para-hydroxylation sites is 1. The van der Waals surface area contributed by atoms with Gasteiger partial charge >= 0.3 is 0 Å². The van der Waals surface area contributed by atoms with E-state index in [2.05, 4.69) is 5.32 Å². The highest BCUT2D eigenvalue weighted by Gasteiger charge is 2.70. The predicted molar refractivity (Wildman–Crippen MR) is 94.6 cm³/mol. The maximum atomic E-state index is 12.6. The van der Waals surface area contributed by atoms with Crippen LogP contribution in [0.5, 0.6) is 5.75 Å². The number of thiophene rings is 1. The fraction of sp³-hybridized carbons (Fsp3) is 0.400. The van der Waals surface area contributed by atoms with Crippen molar-refractivity contribution < 1.29 is 14.3 Å². The van der Waals surface area contributed by atoms with Gasteiger partial charge in [-0.05, 0) is 42.3 Å². The average Bonchev–Trinajstić information content (AvgIpc) is 2.94. The van der Waals surface area contributed by atoms with Crippen molar-refractivity contribution in [3.05, 3.63) is 52.2 Å². The highest BCUT2D eigenvalue weighted by atomic mass is 32.1. The zero-order valence-corrected chi connectivity index (χ0v) is 14.6. The van der Waals surface area contributed by atoms with Crippen molar-refractivity contribution in [2.75, 3.05) is 0 Å². The van der Waals surface area contributed by atoms with Gasteiger partial charge in [-0.3, -0.25) is 9.59 Å². The van der Waals surface area contributed by atoms with Crippen molar-refractivity contribution in [2.45, 2.75) is 31.4 Å². The quantitative estimate of drug-likeness (QED) is 0.920. The first-order chi connectivity index (χ1) is 12.2. The second kappa shape index (κ2) is 5.43. The van der Waals surface area contributed by atoms with Crippen LogP contribution in [0, 0.1) is 17.8 Å². The predicted octanol–water partition coefficient (Wildman–Crippen LogP) is 3.42. The molecule has 2 aromatic rings. The van der Waals surface area contributed by atoms with Gasteiger partial charge in [0.2, 0.25) is 5.91 Å². The lowest BCUT2D eigenvalue weighted by Crippen LogP contribution is -2.44. The number of ether oxygens (including phenoxy) is 1. The molecule has 4 unspecified atom stereocenters. The Balaban J connectivity index is 1.33. The van der Waals surface area contributed by atoms with Crippen molar-refractivity contribution in [3.63, 3.8) is 0 Å². The molecule has 128 valence electrons. The molecule has 1 aromatic carbocycles. The lowest BCUT2D eigenvalue weighted by atomic mass is 9.84. The van der Waals surface area contributed by atoms with E-state index in [1.165, 1.54) is 0 Å². The van der Waals surface area contributed by atoms with Crippen molar-refractivity contribution in [2.24, 2.45) is 17.8 Å². The van der Waals surface area contributed by atoms with Crippen molar-refractivity contribution in [3.8, 4) is 5.75 Å². The first kappa shape index (κ1) is 15.1. The normalized spacial score (nSPS) is 32.0. The number of hydrogen-bond acceptors (Lipinski definition) is 4. The number of carbonyl (C=O) groups excluding carboxylic acids is 2. The summed E-state index contributed by atoms with van der Waals surface area (Å²) in [6, 6.07) is 11.5. The molecule has 2 aliphatic carbocycles. The van der Waals surface area contributed by atoms with Gasteiger partial charge in [0, 0.05) is 16.7 Å².